The molecule has 0 saturated carbocycles. The van der Waals surface area contributed by atoms with Gasteiger partial charge in [0.2, 0.25) is 0 Å². The summed E-state index contributed by atoms with van der Waals surface area (Å²) >= 11 is 1.41. The van der Waals surface area contributed by atoms with Crippen LogP contribution in [-0.2, 0) is 9.84 Å². The van der Waals surface area contributed by atoms with E-state index in [2.05, 4.69) is 4.72 Å². The fourth-order valence-corrected chi connectivity index (χ4v) is 2.04. The predicted molar refractivity (Wildman–Crippen MR) is 41.2 cm³/mol. The average molecular weight is 169 g/mol. The van der Waals surface area contributed by atoms with Gasteiger partial charge < -0.3 is 0 Å². The Balaban J connectivity index is 3.30. The van der Waals surface area contributed by atoms with E-state index in [0.717, 1.165) is 0 Å². The Labute approximate surface area is 60.3 Å². The lowest BCUT2D eigenvalue weighted by Gasteiger charge is -1.95. The van der Waals surface area contributed by atoms with E-state index in [9.17, 15) is 8.42 Å². The number of hydrogen-bond acceptors (Lipinski definition) is 4. The fourth-order valence-electron chi connectivity index (χ4n) is 0.295. The third kappa shape index (κ3) is 8.26. The van der Waals surface area contributed by atoms with Crippen molar-refractivity contribution in [1.82, 2.24) is 4.72 Å². The van der Waals surface area contributed by atoms with Gasteiger partial charge in [0.25, 0.3) is 0 Å². The molecule has 0 aliphatic carbocycles. The summed E-state index contributed by atoms with van der Waals surface area (Å²) < 4.78 is 23.7. The molecule has 0 aliphatic rings. The molecule has 0 aliphatic heterocycles. The normalized spacial score (nSPS) is 11.8. The van der Waals surface area contributed by atoms with Crippen LogP contribution in [0.3, 0.4) is 0 Å². The van der Waals surface area contributed by atoms with Crippen molar-refractivity contribution in [2.24, 2.45) is 0 Å². The fraction of sp³-hybridized carbons (Fsp3) is 1.00. The Morgan fingerprint density at radius 1 is 1.56 bits per heavy atom. The largest absolute Gasteiger partial charge is 0.267 e. The van der Waals surface area contributed by atoms with Gasteiger partial charge in [-0.3, -0.25) is 4.72 Å². The maximum absolute atomic E-state index is 10.5. The number of nitrogens with one attached hydrogen (secondary N) is 1. The van der Waals surface area contributed by atoms with E-state index in [4.69, 9.17) is 0 Å². The molecular weight excluding hydrogens is 158 g/mol. The third-order valence-electron chi connectivity index (χ3n) is 0.701. The molecule has 0 rings (SSSR count). The van der Waals surface area contributed by atoms with Crippen LogP contribution in [0.15, 0.2) is 0 Å². The molecule has 9 heavy (non-hydrogen) atoms. The second kappa shape index (κ2) is 4.14. The van der Waals surface area contributed by atoms with Gasteiger partial charge in [0.1, 0.15) is 9.84 Å². The molecule has 3 nitrogen and oxygen atoms in total. The average Bonchev–Trinajstić information content (AvgIpc) is 1.63. The van der Waals surface area contributed by atoms with Gasteiger partial charge in [0.15, 0.2) is 0 Å². The third-order valence-corrected chi connectivity index (χ3v) is 2.60. The Kier molecular flexibility index (Phi) is 4.26. The van der Waals surface area contributed by atoms with Crippen molar-refractivity contribution in [1.29, 1.82) is 0 Å². The van der Waals surface area contributed by atoms with Gasteiger partial charge in [-0.1, -0.05) is 11.9 Å². The molecule has 5 heteroatoms. The van der Waals surface area contributed by atoms with E-state index in [1.54, 1.807) is 7.05 Å². The topological polar surface area (TPSA) is 46.2 Å². The van der Waals surface area contributed by atoms with Gasteiger partial charge in [-0.2, -0.15) is 0 Å². The SMILES string of the molecule is CNSCCS(C)(=O)=O. The zero-order chi connectivity index (χ0) is 7.33. The zero-order valence-electron chi connectivity index (χ0n) is 5.55. The van der Waals surface area contributed by atoms with E-state index >= 15 is 0 Å². The smallest absolute Gasteiger partial charge is 0.148 e. The first kappa shape index (κ1) is 9.26. The van der Waals surface area contributed by atoms with Crippen molar-refractivity contribution in [2.45, 2.75) is 0 Å². The molecule has 0 fully saturated rings. The second-order valence-electron chi connectivity index (χ2n) is 1.68. The van der Waals surface area contributed by atoms with Crippen molar-refractivity contribution < 1.29 is 8.42 Å². The van der Waals surface area contributed by atoms with Crippen LogP contribution in [0.4, 0.5) is 0 Å². The minimum atomic E-state index is -2.76. The standard InChI is InChI=1S/C4H11NO2S2/c1-5-8-3-4-9(2,6)7/h5H,3-4H2,1-2H3. The molecule has 0 radical (unpaired) electrons. The van der Waals surface area contributed by atoms with Crippen molar-refractivity contribution >= 4 is 21.8 Å². The van der Waals surface area contributed by atoms with Crippen LogP contribution >= 0.6 is 11.9 Å². The van der Waals surface area contributed by atoms with Gasteiger partial charge in [-0.25, -0.2) is 8.42 Å². The van der Waals surface area contributed by atoms with Gasteiger partial charge in [-0.15, -0.1) is 0 Å². The van der Waals surface area contributed by atoms with Crippen LogP contribution in [0.25, 0.3) is 0 Å². The van der Waals surface area contributed by atoms with Crippen molar-refractivity contribution in [3.63, 3.8) is 0 Å². The highest BCUT2D eigenvalue weighted by Gasteiger charge is 1.99. The Morgan fingerprint density at radius 2 is 2.11 bits per heavy atom. The second-order valence-corrected chi connectivity index (χ2v) is 5.05. The molecule has 0 unspecified atom stereocenters. The van der Waals surface area contributed by atoms with Crippen LogP contribution in [0.2, 0.25) is 0 Å². The lowest BCUT2D eigenvalue weighted by Crippen LogP contribution is -2.07. The summed E-state index contributed by atoms with van der Waals surface area (Å²) in [6, 6.07) is 0. The lowest BCUT2D eigenvalue weighted by molar-refractivity contribution is 0.603. The van der Waals surface area contributed by atoms with Crippen LogP contribution < -0.4 is 4.72 Å². The van der Waals surface area contributed by atoms with Crippen molar-refractivity contribution in [2.75, 3.05) is 24.8 Å². The van der Waals surface area contributed by atoms with E-state index < -0.39 is 9.84 Å². The number of rotatable bonds is 4. The molecule has 56 valence electrons. The van der Waals surface area contributed by atoms with E-state index in [1.807, 2.05) is 0 Å². The molecule has 0 aromatic heterocycles. The van der Waals surface area contributed by atoms with E-state index in [1.165, 1.54) is 18.2 Å². The molecule has 0 saturated heterocycles. The van der Waals surface area contributed by atoms with Gasteiger partial charge in [-0.05, 0) is 7.05 Å². The molecule has 0 atom stereocenters. The minimum Gasteiger partial charge on any atom is -0.267 e. The first-order valence-electron chi connectivity index (χ1n) is 2.52. The van der Waals surface area contributed by atoms with Crippen molar-refractivity contribution in [3.8, 4) is 0 Å². The monoisotopic (exact) mass is 169 g/mol. The molecule has 0 spiro atoms. The number of sulfone groups is 1. The van der Waals surface area contributed by atoms with E-state index in [-0.39, 0.29) is 5.75 Å². The van der Waals surface area contributed by atoms with Crippen LogP contribution in [0.5, 0.6) is 0 Å². The molecule has 0 amide bonds. The lowest BCUT2D eigenvalue weighted by atomic mass is 11.0. The van der Waals surface area contributed by atoms with Gasteiger partial charge >= 0.3 is 0 Å². The number of hydrogen-bond donors (Lipinski definition) is 1. The summed E-state index contributed by atoms with van der Waals surface area (Å²) in [4.78, 5) is 0. The molecular formula is C4H11NO2S2. The van der Waals surface area contributed by atoms with Crippen LogP contribution in [0.1, 0.15) is 0 Å². The predicted octanol–water partition coefficient (Wildman–Crippen LogP) is -0.101. The quantitative estimate of drug-likeness (QED) is 0.471. The van der Waals surface area contributed by atoms with Crippen LogP contribution in [0, 0.1) is 0 Å². The maximum atomic E-state index is 10.5. The summed E-state index contributed by atoms with van der Waals surface area (Å²) in [5.41, 5.74) is 0. The van der Waals surface area contributed by atoms with Crippen LogP contribution in [-0.4, -0.2) is 33.2 Å². The highest BCUT2D eigenvalue weighted by Crippen LogP contribution is 1.92. The summed E-state index contributed by atoms with van der Waals surface area (Å²) in [7, 11) is -0.986. The summed E-state index contributed by atoms with van der Waals surface area (Å²) in [6.45, 7) is 0. The summed E-state index contributed by atoms with van der Waals surface area (Å²) in [6.07, 6.45) is 1.24. The Morgan fingerprint density at radius 3 is 2.44 bits per heavy atom. The first-order chi connectivity index (χ1) is 4.06. The highest BCUT2D eigenvalue weighted by molar-refractivity contribution is 7.99. The molecule has 0 heterocycles. The van der Waals surface area contributed by atoms with Crippen molar-refractivity contribution in [3.05, 3.63) is 0 Å². The highest BCUT2D eigenvalue weighted by atomic mass is 32.2. The summed E-state index contributed by atoms with van der Waals surface area (Å²) in [5, 5.41) is 0. The molecule has 0 aromatic carbocycles. The summed E-state index contributed by atoms with van der Waals surface area (Å²) in [5.74, 6) is 0.869. The zero-order valence-corrected chi connectivity index (χ0v) is 7.18. The Hall–Kier alpha value is 0.260. The van der Waals surface area contributed by atoms with E-state index in [0.29, 0.717) is 5.75 Å². The molecule has 1 N–H and O–H groups in total. The van der Waals surface area contributed by atoms with Gasteiger partial charge in [0, 0.05) is 12.0 Å². The molecule has 0 bridgehead atoms. The maximum Gasteiger partial charge on any atom is 0.148 e. The first-order valence-corrected chi connectivity index (χ1v) is 5.57. The molecule has 0 aromatic rings. The Bertz CT molecular complexity index is 152. The minimum absolute atomic E-state index is 0.249. The van der Waals surface area contributed by atoms with Gasteiger partial charge in [0.05, 0.1) is 5.75 Å².